The number of hydrogen-bond donors (Lipinski definition) is 2. The van der Waals surface area contributed by atoms with Gasteiger partial charge in [0, 0.05) is 16.2 Å². The molecule has 0 radical (unpaired) electrons. The SMILES string of the molecule is CSc1ccc(-c2cc(C(N)=O)c(=O)[nH]c2C)cc1. The molecule has 0 bridgehead atoms. The Kier molecular flexibility index (Phi) is 3.76. The van der Waals surface area contributed by atoms with Crippen LogP contribution in [0.15, 0.2) is 40.0 Å². The Balaban J connectivity index is 2.57. The van der Waals surface area contributed by atoms with Gasteiger partial charge in [-0.2, -0.15) is 0 Å². The van der Waals surface area contributed by atoms with Crippen molar-refractivity contribution in [1.82, 2.24) is 4.98 Å². The molecule has 0 saturated carbocycles. The van der Waals surface area contributed by atoms with Gasteiger partial charge in [0.25, 0.3) is 11.5 Å². The van der Waals surface area contributed by atoms with Crippen LogP contribution in [0.25, 0.3) is 11.1 Å². The lowest BCUT2D eigenvalue weighted by Gasteiger charge is -2.08. The molecule has 0 aliphatic carbocycles. The maximum absolute atomic E-state index is 11.6. The van der Waals surface area contributed by atoms with Crippen LogP contribution in [0, 0.1) is 6.92 Å². The molecule has 0 spiro atoms. The zero-order valence-electron chi connectivity index (χ0n) is 10.7. The minimum absolute atomic E-state index is 0.0189. The lowest BCUT2D eigenvalue weighted by Crippen LogP contribution is -2.24. The van der Waals surface area contributed by atoms with E-state index in [1.807, 2.05) is 30.5 Å². The first-order chi connectivity index (χ1) is 9.02. The van der Waals surface area contributed by atoms with Crippen molar-refractivity contribution in [3.8, 4) is 11.1 Å². The van der Waals surface area contributed by atoms with Crippen molar-refractivity contribution in [2.75, 3.05) is 6.26 Å². The number of carbonyl (C=O) groups is 1. The topological polar surface area (TPSA) is 76.0 Å². The third-order valence-corrected chi connectivity index (χ3v) is 3.65. The first kappa shape index (κ1) is 13.4. The van der Waals surface area contributed by atoms with E-state index < -0.39 is 11.5 Å². The number of hydrogen-bond acceptors (Lipinski definition) is 3. The fourth-order valence-corrected chi connectivity index (χ4v) is 2.28. The molecule has 1 amide bonds. The van der Waals surface area contributed by atoms with Gasteiger partial charge in [0.2, 0.25) is 0 Å². The third-order valence-electron chi connectivity index (χ3n) is 2.90. The zero-order valence-corrected chi connectivity index (χ0v) is 11.5. The Labute approximate surface area is 115 Å². The summed E-state index contributed by atoms with van der Waals surface area (Å²) in [5, 5.41) is 0. The third kappa shape index (κ3) is 2.71. The predicted octanol–water partition coefficient (Wildman–Crippen LogP) is 2.17. The lowest BCUT2D eigenvalue weighted by atomic mass is 10.0. The number of carbonyl (C=O) groups excluding carboxylic acids is 1. The summed E-state index contributed by atoms with van der Waals surface area (Å²) in [7, 11) is 0. The van der Waals surface area contributed by atoms with E-state index in [0.717, 1.165) is 16.0 Å². The normalized spacial score (nSPS) is 10.4. The van der Waals surface area contributed by atoms with Crippen LogP contribution >= 0.6 is 11.8 Å². The minimum Gasteiger partial charge on any atom is -0.365 e. The van der Waals surface area contributed by atoms with Crippen molar-refractivity contribution in [3.63, 3.8) is 0 Å². The maximum atomic E-state index is 11.6. The highest BCUT2D eigenvalue weighted by Crippen LogP contribution is 2.24. The first-order valence-corrected chi connectivity index (χ1v) is 6.93. The number of rotatable bonds is 3. The van der Waals surface area contributed by atoms with E-state index in [1.165, 1.54) is 0 Å². The van der Waals surface area contributed by atoms with Gasteiger partial charge in [-0.1, -0.05) is 12.1 Å². The van der Waals surface area contributed by atoms with Crippen LogP contribution in [-0.4, -0.2) is 17.1 Å². The fourth-order valence-electron chi connectivity index (χ4n) is 1.88. The van der Waals surface area contributed by atoms with Gasteiger partial charge in [-0.05, 0) is 36.9 Å². The van der Waals surface area contributed by atoms with Crippen LogP contribution in [0.5, 0.6) is 0 Å². The number of benzene rings is 1. The molecule has 1 aromatic carbocycles. The van der Waals surface area contributed by atoms with Crippen LogP contribution in [0.3, 0.4) is 0 Å². The number of aryl methyl sites for hydroxylation is 1. The van der Waals surface area contributed by atoms with Crippen molar-refractivity contribution in [2.24, 2.45) is 5.73 Å². The number of H-pyrrole nitrogens is 1. The van der Waals surface area contributed by atoms with E-state index in [-0.39, 0.29) is 5.56 Å². The van der Waals surface area contributed by atoms with Gasteiger partial charge in [-0.3, -0.25) is 9.59 Å². The molecule has 4 nitrogen and oxygen atoms in total. The number of amides is 1. The average Bonchev–Trinajstić information content (AvgIpc) is 2.38. The Morgan fingerprint density at radius 2 is 1.89 bits per heavy atom. The molecule has 2 rings (SSSR count). The summed E-state index contributed by atoms with van der Waals surface area (Å²) >= 11 is 1.66. The quantitative estimate of drug-likeness (QED) is 0.842. The van der Waals surface area contributed by atoms with Crippen LogP contribution in [0.2, 0.25) is 0 Å². The zero-order chi connectivity index (χ0) is 14.0. The van der Waals surface area contributed by atoms with Crippen molar-refractivity contribution in [3.05, 3.63) is 51.9 Å². The molecular weight excluding hydrogens is 260 g/mol. The number of pyridine rings is 1. The standard InChI is InChI=1S/C14H14N2O2S/c1-8-11(7-12(13(15)17)14(18)16-8)9-3-5-10(19-2)6-4-9/h3-7H,1-2H3,(H2,15,17)(H,16,18). The first-order valence-electron chi connectivity index (χ1n) is 5.71. The van der Waals surface area contributed by atoms with Gasteiger partial charge in [-0.25, -0.2) is 0 Å². The molecule has 3 N–H and O–H groups in total. The Morgan fingerprint density at radius 3 is 2.42 bits per heavy atom. The molecular formula is C14H14N2O2S. The summed E-state index contributed by atoms with van der Waals surface area (Å²) in [6.07, 6.45) is 2.01. The predicted molar refractivity (Wildman–Crippen MR) is 77.5 cm³/mol. The van der Waals surface area contributed by atoms with Crippen molar-refractivity contribution < 1.29 is 4.79 Å². The Hall–Kier alpha value is -2.01. The van der Waals surface area contributed by atoms with E-state index in [0.29, 0.717) is 5.69 Å². The van der Waals surface area contributed by atoms with Crippen LogP contribution in [0.4, 0.5) is 0 Å². The lowest BCUT2D eigenvalue weighted by molar-refractivity contribution is 0.0999. The molecule has 1 heterocycles. The summed E-state index contributed by atoms with van der Waals surface area (Å²) in [5.74, 6) is -0.719. The molecule has 1 aromatic heterocycles. The van der Waals surface area contributed by atoms with Gasteiger partial charge in [0.1, 0.15) is 5.56 Å². The van der Waals surface area contributed by atoms with E-state index >= 15 is 0 Å². The Morgan fingerprint density at radius 1 is 1.26 bits per heavy atom. The van der Waals surface area contributed by atoms with E-state index in [1.54, 1.807) is 24.8 Å². The van der Waals surface area contributed by atoms with Crippen LogP contribution < -0.4 is 11.3 Å². The Bertz CT molecular complexity index is 675. The summed E-state index contributed by atoms with van der Waals surface area (Å²) in [5.41, 5.74) is 7.19. The number of nitrogens with one attached hydrogen (secondary N) is 1. The number of thioether (sulfide) groups is 1. The highest BCUT2D eigenvalue weighted by Gasteiger charge is 2.11. The van der Waals surface area contributed by atoms with Gasteiger partial charge in [0.15, 0.2) is 0 Å². The number of aromatic amines is 1. The minimum atomic E-state index is -0.719. The second-order valence-electron chi connectivity index (χ2n) is 4.14. The van der Waals surface area contributed by atoms with E-state index in [9.17, 15) is 9.59 Å². The van der Waals surface area contributed by atoms with Crippen molar-refractivity contribution in [1.29, 1.82) is 0 Å². The molecule has 0 saturated heterocycles. The maximum Gasteiger partial charge on any atom is 0.261 e. The molecule has 0 aliphatic rings. The van der Waals surface area contributed by atoms with Crippen molar-refractivity contribution in [2.45, 2.75) is 11.8 Å². The van der Waals surface area contributed by atoms with Crippen LogP contribution in [-0.2, 0) is 0 Å². The van der Waals surface area contributed by atoms with Gasteiger partial charge in [0.05, 0.1) is 0 Å². The van der Waals surface area contributed by atoms with Gasteiger partial charge < -0.3 is 10.7 Å². The number of nitrogens with two attached hydrogens (primary N) is 1. The van der Waals surface area contributed by atoms with Gasteiger partial charge >= 0.3 is 0 Å². The van der Waals surface area contributed by atoms with Crippen molar-refractivity contribution >= 4 is 17.7 Å². The second-order valence-corrected chi connectivity index (χ2v) is 5.02. The molecule has 2 aromatic rings. The molecule has 5 heteroatoms. The number of aromatic nitrogens is 1. The molecule has 0 unspecified atom stereocenters. The largest absolute Gasteiger partial charge is 0.365 e. The average molecular weight is 274 g/mol. The van der Waals surface area contributed by atoms with E-state index in [2.05, 4.69) is 4.98 Å². The molecule has 0 fully saturated rings. The molecule has 19 heavy (non-hydrogen) atoms. The molecule has 0 atom stereocenters. The smallest absolute Gasteiger partial charge is 0.261 e. The fraction of sp³-hybridized carbons (Fsp3) is 0.143. The summed E-state index contributed by atoms with van der Waals surface area (Å²) in [6.45, 7) is 1.80. The monoisotopic (exact) mass is 274 g/mol. The van der Waals surface area contributed by atoms with E-state index in [4.69, 9.17) is 5.73 Å². The van der Waals surface area contributed by atoms with Gasteiger partial charge in [-0.15, -0.1) is 11.8 Å². The molecule has 0 aliphatic heterocycles. The highest BCUT2D eigenvalue weighted by molar-refractivity contribution is 7.98. The molecule has 98 valence electrons. The summed E-state index contributed by atoms with van der Waals surface area (Å²) in [4.78, 5) is 26.6. The second kappa shape index (κ2) is 5.32. The number of primary amides is 1. The van der Waals surface area contributed by atoms with Crippen LogP contribution in [0.1, 0.15) is 16.1 Å². The summed E-state index contributed by atoms with van der Waals surface area (Å²) < 4.78 is 0. The highest BCUT2D eigenvalue weighted by atomic mass is 32.2. The summed E-state index contributed by atoms with van der Waals surface area (Å²) in [6, 6.07) is 9.45.